The fraction of sp³-hybridized carbons (Fsp3) is 0.182. The number of rotatable bonds is 4. The molecule has 130 valence electrons. The molecule has 0 N–H and O–H groups in total. The van der Waals surface area contributed by atoms with E-state index < -0.39 is 0 Å². The van der Waals surface area contributed by atoms with Crippen LogP contribution in [0.3, 0.4) is 0 Å². The molecule has 0 saturated carbocycles. The molecule has 4 nitrogen and oxygen atoms in total. The summed E-state index contributed by atoms with van der Waals surface area (Å²) in [5.41, 5.74) is 3.01. The van der Waals surface area contributed by atoms with Crippen molar-refractivity contribution in [3.05, 3.63) is 83.4 Å². The van der Waals surface area contributed by atoms with Crippen LogP contribution in [0.15, 0.2) is 71.7 Å². The van der Waals surface area contributed by atoms with Crippen molar-refractivity contribution in [3.63, 3.8) is 0 Å². The summed E-state index contributed by atoms with van der Waals surface area (Å²) >= 11 is 0. The molecule has 0 atom stereocenters. The third kappa shape index (κ3) is 3.06. The maximum absolute atomic E-state index is 12.5. The van der Waals surface area contributed by atoms with Gasteiger partial charge in [0.2, 0.25) is 0 Å². The van der Waals surface area contributed by atoms with Gasteiger partial charge in [-0.2, -0.15) is 0 Å². The Balaban J connectivity index is 1.40. The van der Waals surface area contributed by atoms with E-state index in [1.807, 2.05) is 66.5 Å². The van der Waals surface area contributed by atoms with Gasteiger partial charge in [0.1, 0.15) is 12.4 Å². The summed E-state index contributed by atoms with van der Waals surface area (Å²) in [6, 6.07) is 21.8. The Labute approximate surface area is 152 Å². The Morgan fingerprint density at radius 2 is 1.81 bits per heavy atom. The Hall–Kier alpha value is -3.14. The minimum Gasteiger partial charge on any atom is -0.460 e. The summed E-state index contributed by atoms with van der Waals surface area (Å²) in [6.45, 7) is 1.63. The maximum atomic E-state index is 12.5. The molecule has 1 aliphatic heterocycles. The van der Waals surface area contributed by atoms with Crippen LogP contribution >= 0.6 is 0 Å². The third-order valence-electron chi connectivity index (χ3n) is 4.69. The minimum atomic E-state index is -0.288. The highest BCUT2D eigenvalue weighted by molar-refractivity contribution is 6.04. The maximum Gasteiger partial charge on any atom is 0.338 e. The lowest BCUT2D eigenvalue weighted by molar-refractivity contribution is 0.0494. The van der Waals surface area contributed by atoms with Crippen LogP contribution in [0, 0.1) is 0 Å². The van der Waals surface area contributed by atoms with Gasteiger partial charge in [-0.15, -0.1) is 0 Å². The minimum absolute atomic E-state index is 0.288. The Morgan fingerprint density at radius 3 is 2.73 bits per heavy atom. The predicted molar refractivity (Wildman–Crippen MR) is 104 cm³/mol. The molecule has 0 unspecified atom stereocenters. The molecule has 0 amide bonds. The first-order valence-corrected chi connectivity index (χ1v) is 8.73. The van der Waals surface area contributed by atoms with E-state index in [1.165, 1.54) is 5.56 Å². The molecule has 4 heteroatoms. The molecule has 1 heterocycles. The predicted octanol–water partition coefficient (Wildman–Crippen LogP) is 3.89. The molecule has 3 aromatic rings. The summed E-state index contributed by atoms with van der Waals surface area (Å²) in [6.07, 6.45) is 0. The number of benzene rings is 3. The summed E-state index contributed by atoms with van der Waals surface area (Å²) in [5, 5.41) is 1.96. The molecular weight excluding hydrogens is 324 g/mol. The van der Waals surface area contributed by atoms with E-state index in [9.17, 15) is 4.79 Å². The topological polar surface area (TPSA) is 41.9 Å². The highest BCUT2D eigenvalue weighted by Crippen LogP contribution is 2.21. The fourth-order valence-electron chi connectivity index (χ4n) is 3.31. The van der Waals surface area contributed by atoms with E-state index in [0.717, 1.165) is 22.2 Å². The summed E-state index contributed by atoms with van der Waals surface area (Å²) in [7, 11) is 1.98. The van der Waals surface area contributed by atoms with Crippen LogP contribution < -0.4 is 0 Å². The van der Waals surface area contributed by atoms with Crippen LogP contribution in [0.4, 0.5) is 0 Å². The molecule has 0 fully saturated rings. The fourth-order valence-corrected chi connectivity index (χ4v) is 3.31. The van der Waals surface area contributed by atoms with Gasteiger partial charge in [0.15, 0.2) is 0 Å². The lowest BCUT2D eigenvalue weighted by Gasteiger charge is -2.19. The van der Waals surface area contributed by atoms with Gasteiger partial charge in [-0.1, -0.05) is 60.7 Å². The van der Waals surface area contributed by atoms with E-state index >= 15 is 0 Å². The van der Waals surface area contributed by atoms with Crippen LogP contribution in [0.25, 0.3) is 10.8 Å². The number of carbonyl (C=O) groups is 1. The van der Waals surface area contributed by atoms with Gasteiger partial charge in [0.25, 0.3) is 0 Å². The normalized spacial score (nSPS) is 12.6. The van der Waals surface area contributed by atoms with E-state index in [2.05, 4.69) is 17.1 Å². The van der Waals surface area contributed by atoms with Crippen molar-refractivity contribution in [1.82, 2.24) is 4.90 Å². The quantitative estimate of drug-likeness (QED) is 0.674. The average molecular weight is 344 g/mol. The van der Waals surface area contributed by atoms with Crippen molar-refractivity contribution in [2.75, 3.05) is 20.2 Å². The lowest BCUT2D eigenvalue weighted by atomic mass is 10.1. The standard InChI is InChI=1S/C22H20N2O2/c1-24(21-19-11-5-3-8-17(19)15-23-21)13-14-26-22(25)20-12-6-9-16-7-2-4-10-18(16)20/h2-12H,13-15H2,1H3. The Bertz CT molecular complexity index is 989. The van der Waals surface area contributed by atoms with Gasteiger partial charge in [-0.05, 0) is 22.4 Å². The lowest BCUT2D eigenvalue weighted by Crippen LogP contribution is -2.30. The van der Waals surface area contributed by atoms with Crippen molar-refractivity contribution < 1.29 is 9.53 Å². The monoisotopic (exact) mass is 344 g/mol. The first kappa shape index (κ1) is 16.3. The van der Waals surface area contributed by atoms with Crippen molar-refractivity contribution >= 4 is 22.6 Å². The second kappa shape index (κ2) is 7.00. The molecule has 26 heavy (non-hydrogen) atoms. The molecular formula is C22H20N2O2. The van der Waals surface area contributed by atoms with E-state index in [0.29, 0.717) is 25.3 Å². The number of likely N-dealkylation sites (N-methyl/N-ethyl adjacent to an activating group) is 1. The highest BCUT2D eigenvalue weighted by atomic mass is 16.5. The van der Waals surface area contributed by atoms with E-state index in [-0.39, 0.29) is 5.97 Å². The Morgan fingerprint density at radius 1 is 1.04 bits per heavy atom. The van der Waals surface area contributed by atoms with E-state index in [1.54, 1.807) is 0 Å². The van der Waals surface area contributed by atoms with Crippen LogP contribution in [0.2, 0.25) is 0 Å². The zero-order valence-corrected chi connectivity index (χ0v) is 14.7. The molecule has 0 bridgehead atoms. The van der Waals surface area contributed by atoms with Crippen LogP contribution in [0.1, 0.15) is 21.5 Å². The van der Waals surface area contributed by atoms with Gasteiger partial charge in [0, 0.05) is 12.6 Å². The molecule has 0 radical (unpaired) electrons. The van der Waals surface area contributed by atoms with E-state index in [4.69, 9.17) is 4.74 Å². The number of carbonyl (C=O) groups excluding carboxylic acids is 1. The Kier molecular flexibility index (Phi) is 4.40. The number of amidine groups is 1. The largest absolute Gasteiger partial charge is 0.460 e. The molecule has 4 rings (SSSR count). The second-order valence-electron chi connectivity index (χ2n) is 6.38. The first-order valence-electron chi connectivity index (χ1n) is 8.73. The molecule has 0 saturated heterocycles. The summed E-state index contributed by atoms with van der Waals surface area (Å²) in [4.78, 5) is 19.1. The second-order valence-corrected chi connectivity index (χ2v) is 6.38. The van der Waals surface area contributed by atoms with Crippen molar-refractivity contribution in [2.24, 2.45) is 4.99 Å². The summed E-state index contributed by atoms with van der Waals surface area (Å²) in [5.74, 6) is 0.672. The smallest absolute Gasteiger partial charge is 0.338 e. The number of ether oxygens (including phenoxy) is 1. The molecule has 0 aromatic heterocycles. The van der Waals surface area contributed by atoms with Gasteiger partial charge in [-0.3, -0.25) is 4.99 Å². The van der Waals surface area contributed by atoms with Crippen molar-refractivity contribution in [2.45, 2.75) is 6.54 Å². The number of esters is 1. The first-order chi connectivity index (χ1) is 12.7. The zero-order chi connectivity index (χ0) is 17.9. The number of aliphatic imine (C=N–C) groups is 1. The SMILES string of the molecule is CN(CCOC(=O)c1cccc2ccccc12)C1=NCc2ccccc21. The number of fused-ring (bicyclic) bond motifs is 2. The van der Waals surface area contributed by atoms with Crippen LogP contribution in [0.5, 0.6) is 0 Å². The number of hydrogen-bond donors (Lipinski definition) is 0. The highest BCUT2D eigenvalue weighted by Gasteiger charge is 2.19. The molecule has 3 aromatic carbocycles. The third-order valence-corrected chi connectivity index (χ3v) is 4.69. The van der Waals surface area contributed by atoms with Gasteiger partial charge in [-0.25, -0.2) is 4.79 Å². The summed E-state index contributed by atoms with van der Waals surface area (Å²) < 4.78 is 5.52. The van der Waals surface area contributed by atoms with Crippen molar-refractivity contribution in [1.29, 1.82) is 0 Å². The van der Waals surface area contributed by atoms with Crippen molar-refractivity contribution in [3.8, 4) is 0 Å². The molecule has 0 aliphatic carbocycles. The van der Waals surface area contributed by atoms with Gasteiger partial charge in [0.05, 0.1) is 18.7 Å². The average Bonchev–Trinajstić information content (AvgIpc) is 3.11. The van der Waals surface area contributed by atoms with Gasteiger partial charge >= 0.3 is 5.97 Å². The molecule has 0 spiro atoms. The van der Waals surface area contributed by atoms with Crippen LogP contribution in [-0.2, 0) is 11.3 Å². The van der Waals surface area contributed by atoms with Gasteiger partial charge < -0.3 is 9.64 Å². The number of nitrogens with zero attached hydrogens (tertiary/aromatic N) is 2. The van der Waals surface area contributed by atoms with Crippen LogP contribution in [-0.4, -0.2) is 36.9 Å². The number of hydrogen-bond acceptors (Lipinski definition) is 4. The molecule has 1 aliphatic rings. The zero-order valence-electron chi connectivity index (χ0n) is 14.7.